The van der Waals surface area contributed by atoms with Gasteiger partial charge in [0.2, 0.25) is 10.0 Å². The van der Waals surface area contributed by atoms with Gasteiger partial charge in [-0.2, -0.15) is 0 Å². The van der Waals surface area contributed by atoms with E-state index in [4.69, 9.17) is 4.52 Å². The first-order valence-electron chi connectivity index (χ1n) is 5.88. The molecule has 0 atom stereocenters. The number of aromatic nitrogens is 1. The molecule has 0 saturated heterocycles. The molecule has 1 N–H and O–H groups in total. The standard InChI is InChI=1S/C12H16N2O3S2/c1-8-4-5-12(18-8)19(15,16)13-7-6-11-9(2)14-17-10(11)3/h4-5,13H,6-7H2,1-3H3. The molecular formula is C12H16N2O3S2. The van der Waals surface area contributed by atoms with Gasteiger partial charge in [-0.05, 0) is 39.3 Å². The van der Waals surface area contributed by atoms with Crippen LogP contribution in [0, 0.1) is 20.8 Å². The number of nitrogens with one attached hydrogen (secondary N) is 1. The summed E-state index contributed by atoms with van der Waals surface area (Å²) in [4.78, 5) is 0.978. The van der Waals surface area contributed by atoms with Crippen molar-refractivity contribution in [2.45, 2.75) is 31.4 Å². The third-order valence-electron chi connectivity index (χ3n) is 2.83. The summed E-state index contributed by atoms with van der Waals surface area (Å²) in [6.07, 6.45) is 0.574. The lowest BCUT2D eigenvalue weighted by Gasteiger charge is -2.04. The molecule has 19 heavy (non-hydrogen) atoms. The minimum Gasteiger partial charge on any atom is -0.361 e. The average Bonchev–Trinajstić information content (AvgIpc) is 2.90. The molecule has 5 nitrogen and oxygen atoms in total. The third-order valence-corrected chi connectivity index (χ3v) is 5.78. The highest BCUT2D eigenvalue weighted by atomic mass is 32.2. The molecule has 0 spiro atoms. The lowest BCUT2D eigenvalue weighted by atomic mass is 10.1. The maximum Gasteiger partial charge on any atom is 0.250 e. The first-order chi connectivity index (χ1) is 8.90. The van der Waals surface area contributed by atoms with Crippen LogP contribution in [0.3, 0.4) is 0 Å². The molecule has 104 valence electrons. The third kappa shape index (κ3) is 3.23. The van der Waals surface area contributed by atoms with Gasteiger partial charge in [0, 0.05) is 17.0 Å². The van der Waals surface area contributed by atoms with Crippen LogP contribution in [0.1, 0.15) is 21.9 Å². The van der Waals surface area contributed by atoms with Crippen molar-refractivity contribution >= 4 is 21.4 Å². The van der Waals surface area contributed by atoms with E-state index in [9.17, 15) is 8.42 Å². The lowest BCUT2D eigenvalue weighted by Crippen LogP contribution is -2.25. The Morgan fingerprint density at radius 1 is 1.32 bits per heavy atom. The molecule has 0 fully saturated rings. The molecule has 0 aliphatic carbocycles. The smallest absolute Gasteiger partial charge is 0.250 e. The topological polar surface area (TPSA) is 72.2 Å². The number of thiophene rings is 1. The normalized spacial score (nSPS) is 11.9. The van der Waals surface area contributed by atoms with Crippen molar-refractivity contribution in [2.24, 2.45) is 0 Å². The predicted molar refractivity (Wildman–Crippen MR) is 73.9 cm³/mol. The second-order valence-corrected chi connectivity index (χ2v) is 7.60. The Hall–Kier alpha value is -1.18. The SMILES string of the molecule is Cc1ccc(S(=O)(=O)NCCc2c(C)noc2C)s1. The van der Waals surface area contributed by atoms with Crippen LogP contribution in [0.15, 0.2) is 20.9 Å². The maximum atomic E-state index is 12.0. The van der Waals surface area contributed by atoms with E-state index in [0.29, 0.717) is 17.2 Å². The van der Waals surface area contributed by atoms with Gasteiger partial charge in [-0.1, -0.05) is 5.16 Å². The molecule has 2 aromatic rings. The molecule has 0 aliphatic rings. The van der Waals surface area contributed by atoms with Crippen molar-refractivity contribution in [1.29, 1.82) is 0 Å². The maximum absolute atomic E-state index is 12.0. The average molecular weight is 300 g/mol. The van der Waals surface area contributed by atoms with E-state index < -0.39 is 10.0 Å². The Bertz CT molecular complexity index is 651. The van der Waals surface area contributed by atoms with Gasteiger partial charge in [0.05, 0.1) is 5.69 Å². The van der Waals surface area contributed by atoms with Gasteiger partial charge in [0.25, 0.3) is 0 Å². The molecular weight excluding hydrogens is 284 g/mol. The molecule has 0 saturated carbocycles. The highest BCUT2D eigenvalue weighted by Crippen LogP contribution is 2.20. The number of rotatable bonds is 5. The largest absolute Gasteiger partial charge is 0.361 e. The molecule has 2 heterocycles. The molecule has 0 aromatic carbocycles. The van der Waals surface area contributed by atoms with Gasteiger partial charge in [-0.25, -0.2) is 13.1 Å². The van der Waals surface area contributed by atoms with E-state index in [1.165, 1.54) is 11.3 Å². The summed E-state index contributed by atoms with van der Waals surface area (Å²) in [7, 11) is -3.40. The van der Waals surface area contributed by atoms with Crippen LogP contribution in [0.4, 0.5) is 0 Å². The quantitative estimate of drug-likeness (QED) is 0.918. The Kier molecular flexibility index (Phi) is 4.07. The van der Waals surface area contributed by atoms with Crippen molar-refractivity contribution in [3.8, 4) is 0 Å². The Balaban J connectivity index is 2.00. The monoisotopic (exact) mass is 300 g/mol. The molecule has 7 heteroatoms. The van der Waals surface area contributed by atoms with E-state index in [-0.39, 0.29) is 0 Å². The summed E-state index contributed by atoms with van der Waals surface area (Å²) in [5, 5.41) is 3.84. The molecule has 0 amide bonds. The van der Waals surface area contributed by atoms with E-state index in [1.54, 1.807) is 12.1 Å². The second-order valence-electron chi connectivity index (χ2n) is 4.32. The highest BCUT2D eigenvalue weighted by molar-refractivity contribution is 7.91. The fourth-order valence-corrected chi connectivity index (χ4v) is 4.16. The van der Waals surface area contributed by atoms with Crippen LogP contribution in [-0.2, 0) is 16.4 Å². The fraction of sp³-hybridized carbons (Fsp3) is 0.417. The Morgan fingerprint density at radius 3 is 2.58 bits per heavy atom. The van der Waals surface area contributed by atoms with Crippen LogP contribution >= 0.6 is 11.3 Å². The summed E-state index contributed by atoms with van der Waals surface area (Å²) in [5.41, 5.74) is 1.77. The number of sulfonamides is 1. The predicted octanol–water partition coefficient (Wildman–Crippen LogP) is 2.18. The van der Waals surface area contributed by atoms with Crippen molar-refractivity contribution in [3.63, 3.8) is 0 Å². The fourth-order valence-electron chi connectivity index (χ4n) is 1.80. The van der Waals surface area contributed by atoms with Gasteiger partial charge in [-0.15, -0.1) is 11.3 Å². The van der Waals surface area contributed by atoms with E-state index in [2.05, 4.69) is 9.88 Å². The molecule has 0 unspecified atom stereocenters. The minimum atomic E-state index is -3.40. The number of hydrogen-bond donors (Lipinski definition) is 1. The van der Waals surface area contributed by atoms with Gasteiger partial charge < -0.3 is 4.52 Å². The Morgan fingerprint density at radius 2 is 2.05 bits per heavy atom. The minimum absolute atomic E-state index is 0.335. The molecule has 2 aromatic heterocycles. The molecule has 0 aliphatic heterocycles. The zero-order valence-corrected chi connectivity index (χ0v) is 12.7. The van der Waals surface area contributed by atoms with Gasteiger partial charge in [-0.3, -0.25) is 0 Å². The van der Waals surface area contributed by atoms with E-state index >= 15 is 0 Å². The number of aryl methyl sites for hydroxylation is 3. The summed E-state index contributed by atoms with van der Waals surface area (Å²) in [6, 6.07) is 3.42. The zero-order chi connectivity index (χ0) is 14.0. The lowest BCUT2D eigenvalue weighted by molar-refractivity contribution is 0.392. The Labute approximate surface area is 116 Å². The molecule has 0 bridgehead atoms. The van der Waals surface area contributed by atoms with Crippen LogP contribution in [0.5, 0.6) is 0 Å². The summed E-state index contributed by atoms with van der Waals surface area (Å²) in [5.74, 6) is 0.740. The van der Waals surface area contributed by atoms with Crippen molar-refractivity contribution in [3.05, 3.63) is 34.0 Å². The molecule has 2 rings (SSSR count). The van der Waals surface area contributed by atoms with Crippen LogP contribution in [0.2, 0.25) is 0 Å². The van der Waals surface area contributed by atoms with Gasteiger partial charge in [0.1, 0.15) is 9.97 Å². The highest BCUT2D eigenvalue weighted by Gasteiger charge is 2.16. The van der Waals surface area contributed by atoms with Crippen LogP contribution < -0.4 is 4.72 Å². The summed E-state index contributed by atoms with van der Waals surface area (Å²) < 4.78 is 32.0. The van der Waals surface area contributed by atoms with Gasteiger partial charge in [0.15, 0.2) is 0 Å². The number of nitrogens with zero attached hydrogens (tertiary/aromatic N) is 1. The van der Waals surface area contributed by atoms with Crippen molar-refractivity contribution in [1.82, 2.24) is 9.88 Å². The van der Waals surface area contributed by atoms with E-state index in [1.807, 2.05) is 20.8 Å². The van der Waals surface area contributed by atoms with Crippen molar-refractivity contribution in [2.75, 3.05) is 6.54 Å². The first-order valence-corrected chi connectivity index (χ1v) is 8.18. The van der Waals surface area contributed by atoms with Gasteiger partial charge >= 0.3 is 0 Å². The summed E-state index contributed by atoms with van der Waals surface area (Å²) >= 11 is 1.27. The van der Waals surface area contributed by atoms with Crippen molar-refractivity contribution < 1.29 is 12.9 Å². The summed E-state index contributed by atoms with van der Waals surface area (Å²) in [6.45, 7) is 5.89. The van der Waals surface area contributed by atoms with Crippen LogP contribution in [-0.4, -0.2) is 20.1 Å². The second kappa shape index (κ2) is 5.44. The first kappa shape index (κ1) is 14.2. The van der Waals surface area contributed by atoms with Crippen LogP contribution in [0.25, 0.3) is 0 Å². The van der Waals surface area contributed by atoms with E-state index in [0.717, 1.165) is 21.9 Å². The molecule has 0 radical (unpaired) electrons. The zero-order valence-electron chi connectivity index (χ0n) is 11.1. The number of hydrogen-bond acceptors (Lipinski definition) is 5.